The molecule has 2 rings (SSSR count). The van der Waals surface area contributed by atoms with Crippen LogP contribution in [0.15, 0.2) is 28.7 Å². The van der Waals surface area contributed by atoms with Gasteiger partial charge >= 0.3 is 0 Å². The van der Waals surface area contributed by atoms with E-state index in [2.05, 4.69) is 52.4 Å². The molecule has 1 N–H and O–H groups in total. The van der Waals surface area contributed by atoms with Crippen LogP contribution in [0.4, 0.5) is 0 Å². The van der Waals surface area contributed by atoms with E-state index in [9.17, 15) is 0 Å². The first-order valence-corrected chi connectivity index (χ1v) is 8.62. The van der Waals surface area contributed by atoms with Crippen molar-refractivity contribution >= 4 is 15.9 Å². The largest absolute Gasteiger partial charge is 0.381 e. The molecule has 112 valence electrons. The Bertz CT molecular complexity index is 390. The summed E-state index contributed by atoms with van der Waals surface area (Å²) in [4.78, 5) is 0. The van der Waals surface area contributed by atoms with Crippen LogP contribution in [0, 0.1) is 5.92 Å². The fraction of sp³-hybridized carbons (Fsp3) is 0.647. The van der Waals surface area contributed by atoms with E-state index in [-0.39, 0.29) is 0 Å². The van der Waals surface area contributed by atoms with Gasteiger partial charge in [0.25, 0.3) is 0 Å². The topological polar surface area (TPSA) is 21.3 Å². The van der Waals surface area contributed by atoms with Crippen LogP contribution in [0.2, 0.25) is 0 Å². The number of rotatable bonds is 7. The Hall–Kier alpha value is -0.380. The highest BCUT2D eigenvalue weighted by Crippen LogP contribution is 2.30. The molecule has 0 spiro atoms. The van der Waals surface area contributed by atoms with E-state index in [0.717, 1.165) is 32.2 Å². The van der Waals surface area contributed by atoms with Crippen molar-refractivity contribution in [3.63, 3.8) is 0 Å². The summed E-state index contributed by atoms with van der Waals surface area (Å²) in [5.74, 6) is 1.43. The summed E-state index contributed by atoms with van der Waals surface area (Å²) in [6.07, 6.45) is 4.91. The Morgan fingerprint density at radius 1 is 1.35 bits per heavy atom. The first kappa shape index (κ1) is 16.0. The molecule has 0 bridgehead atoms. The molecule has 1 aromatic rings. The number of hydrogen-bond acceptors (Lipinski definition) is 2. The third kappa shape index (κ3) is 5.19. The van der Waals surface area contributed by atoms with E-state index in [1.807, 2.05) is 0 Å². The smallest absolute Gasteiger partial charge is 0.0468 e. The molecule has 20 heavy (non-hydrogen) atoms. The lowest BCUT2D eigenvalue weighted by molar-refractivity contribution is 0.0616. The van der Waals surface area contributed by atoms with Crippen molar-refractivity contribution in [1.82, 2.24) is 5.32 Å². The van der Waals surface area contributed by atoms with Gasteiger partial charge in [-0.25, -0.2) is 0 Å². The molecule has 1 aliphatic rings. The Morgan fingerprint density at radius 2 is 2.15 bits per heavy atom. The van der Waals surface area contributed by atoms with Crippen LogP contribution < -0.4 is 5.32 Å². The van der Waals surface area contributed by atoms with Gasteiger partial charge < -0.3 is 10.1 Å². The molecule has 0 saturated carbocycles. The van der Waals surface area contributed by atoms with Gasteiger partial charge in [-0.3, -0.25) is 0 Å². The zero-order valence-corrected chi connectivity index (χ0v) is 14.0. The Labute approximate surface area is 131 Å². The second-order valence-electron chi connectivity index (χ2n) is 5.75. The van der Waals surface area contributed by atoms with Crippen molar-refractivity contribution < 1.29 is 4.74 Å². The molecule has 1 atom stereocenters. The lowest BCUT2D eigenvalue weighted by atomic mass is 9.85. The summed E-state index contributed by atoms with van der Waals surface area (Å²) in [5.41, 5.74) is 1.45. The van der Waals surface area contributed by atoms with E-state index >= 15 is 0 Å². The second-order valence-corrected chi connectivity index (χ2v) is 6.66. The molecule has 1 aliphatic heterocycles. The molecule has 2 nitrogen and oxygen atoms in total. The summed E-state index contributed by atoms with van der Waals surface area (Å²) >= 11 is 3.60. The van der Waals surface area contributed by atoms with Gasteiger partial charge in [-0.2, -0.15) is 0 Å². The fourth-order valence-corrected chi connectivity index (χ4v) is 3.35. The highest BCUT2D eigenvalue weighted by molar-refractivity contribution is 9.10. The van der Waals surface area contributed by atoms with Crippen LogP contribution in [0.25, 0.3) is 0 Å². The SMILES string of the molecule is CCCNCC(CC1CCOCC1)c1cccc(Br)c1. The maximum atomic E-state index is 5.48. The van der Waals surface area contributed by atoms with Crippen LogP contribution in [-0.2, 0) is 4.74 Å². The maximum Gasteiger partial charge on any atom is 0.0468 e. The van der Waals surface area contributed by atoms with Crippen LogP contribution in [0.5, 0.6) is 0 Å². The number of nitrogens with one attached hydrogen (secondary N) is 1. The molecule has 1 heterocycles. The third-order valence-corrected chi connectivity index (χ3v) is 4.59. The Morgan fingerprint density at radius 3 is 2.85 bits per heavy atom. The highest BCUT2D eigenvalue weighted by Gasteiger charge is 2.20. The molecular weight excluding hydrogens is 314 g/mol. The van der Waals surface area contributed by atoms with Crippen LogP contribution in [-0.4, -0.2) is 26.3 Å². The molecule has 0 aliphatic carbocycles. The van der Waals surface area contributed by atoms with Crippen molar-refractivity contribution in [2.45, 2.75) is 38.5 Å². The summed E-state index contributed by atoms with van der Waals surface area (Å²) in [6, 6.07) is 8.80. The zero-order valence-electron chi connectivity index (χ0n) is 12.4. The van der Waals surface area contributed by atoms with Crippen molar-refractivity contribution in [2.24, 2.45) is 5.92 Å². The van der Waals surface area contributed by atoms with Gasteiger partial charge in [0.1, 0.15) is 0 Å². The molecule has 1 fully saturated rings. The van der Waals surface area contributed by atoms with Gasteiger partial charge in [-0.15, -0.1) is 0 Å². The average Bonchev–Trinajstić information content (AvgIpc) is 2.47. The van der Waals surface area contributed by atoms with E-state index in [0.29, 0.717) is 5.92 Å². The molecule has 0 aromatic heterocycles. The van der Waals surface area contributed by atoms with Gasteiger partial charge in [0, 0.05) is 24.2 Å². The van der Waals surface area contributed by atoms with E-state index in [1.165, 1.54) is 35.7 Å². The fourth-order valence-electron chi connectivity index (χ4n) is 2.94. The van der Waals surface area contributed by atoms with Gasteiger partial charge in [-0.05, 0) is 61.8 Å². The van der Waals surface area contributed by atoms with Gasteiger partial charge in [0.2, 0.25) is 0 Å². The minimum absolute atomic E-state index is 0.613. The standard InChI is InChI=1S/C17H26BrNO/c1-2-8-19-13-16(11-14-6-9-20-10-7-14)15-4-3-5-17(18)12-15/h3-5,12,14,16,19H,2,6-11,13H2,1H3. The third-order valence-electron chi connectivity index (χ3n) is 4.10. The van der Waals surface area contributed by atoms with Crippen molar-refractivity contribution in [3.8, 4) is 0 Å². The number of ether oxygens (including phenoxy) is 1. The van der Waals surface area contributed by atoms with Gasteiger partial charge in [-0.1, -0.05) is 35.0 Å². The normalized spacial score (nSPS) is 18.1. The predicted octanol–water partition coefficient (Wildman–Crippen LogP) is 4.35. The summed E-state index contributed by atoms with van der Waals surface area (Å²) in [5, 5.41) is 3.60. The zero-order chi connectivity index (χ0) is 14.2. The second kappa shape index (κ2) is 8.81. The number of hydrogen-bond donors (Lipinski definition) is 1. The summed E-state index contributed by atoms with van der Waals surface area (Å²) < 4.78 is 6.66. The Balaban J connectivity index is 1.99. The van der Waals surface area contributed by atoms with Crippen molar-refractivity contribution in [1.29, 1.82) is 0 Å². The lowest BCUT2D eigenvalue weighted by Gasteiger charge is -2.27. The molecule has 1 saturated heterocycles. The lowest BCUT2D eigenvalue weighted by Crippen LogP contribution is -2.26. The van der Waals surface area contributed by atoms with Gasteiger partial charge in [0.05, 0.1) is 0 Å². The van der Waals surface area contributed by atoms with Crippen LogP contribution in [0.1, 0.15) is 44.1 Å². The maximum absolute atomic E-state index is 5.48. The number of benzene rings is 1. The van der Waals surface area contributed by atoms with E-state index < -0.39 is 0 Å². The minimum atomic E-state index is 0.613. The van der Waals surface area contributed by atoms with Crippen molar-refractivity contribution in [3.05, 3.63) is 34.3 Å². The molecule has 1 unspecified atom stereocenters. The molecule has 3 heteroatoms. The quantitative estimate of drug-likeness (QED) is 0.745. The van der Waals surface area contributed by atoms with E-state index in [1.54, 1.807) is 0 Å². The van der Waals surface area contributed by atoms with Crippen molar-refractivity contribution in [2.75, 3.05) is 26.3 Å². The average molecular weight is 340 g/mol. The molecular formula is C17H26BrNO. The minimum Gasteiger partial charge on any atom is -0.381 e. The summed E-state index contributed by atoms with van der Waals surface area (Å²) in [6.45, 7) is 6.30. The molecule has 0 radical (unpaired) electrons. The van der Waals surface area contributed by atoms with Crippen LogP contribution in [0.3, 0.4) is 0 Å². The highest BCUT2D eigenvalue weighted by atomic mass is 79.9. The monoisotopic (exact) mass is 339 g/mol. The van der Waals surface area contributed by atoms with Crippen LogP contribution >= 0.6 is 15.9 Å². The molecule has 1 aromatic carbocycles. The first-order chi connectivity index (χ1) is 9.79. The molecule has 0 amide bonds. The van der Waals surface area contributed by atoms with Gasteiger partial charge in [0.15, 0.2) is 0 Å². The first-order valence-electron chi connectivity index (χ1n) is 7.83. The summed E-state index contributed by atoms with van der Waals surface area (Å²) in [7, 11) is 0. The van der Waals surface area contributed by atoms with E-state index in [4.69, 9.17) is 4.74 Å². The number of halogens is 1. The predicted molar refractivity (Wildman–Crippen MR) is 88.2 cm³/mol. The Kier molecular flexibility index (Phi) is 7.05.